The highest BCUT2D eigenvalue weighted by Gasteiger charge is 2.23. The number of piperidine rings is 1. The molecule has 0 spiro atoms. The van der Waals surface area contributed by atoms with Gasteiger partial charge in [0.2, 0.25) is 5.91 Å². The summed E-state index contributed by atoms with van der Waals surface area (Å²) >= 11 is 0. The summed E-state index contributed by atoms with van der Waals surface area (Å²) in [5.74, 6) is 0.994. The first-order chi connectivity index (χ1) is 10.2. The van der Waals surface area contributed by atoms with Crippen molar-refractivity contribution in [1.29, 1.82) is 0 Å². The zero-order valence-corrected chi connectivity index (χ0v) is 13.2. The van der Waals surface area contributed by atoms with Crippen molar-refractivity contribution in [2.45, 2.75) is 38.8 Å². The number of nitrogens with one attached hydrogen (secondary N) is 1. The maximum Gasteiger partial charge on any atom is 0.236 e. The number of carbonyl (C=O) groups excluding carboxylic acids is 1. The van der Waals surface area contributed by atoms with Crippen molar-refractivity contribution in [3.8, 4) is 0 Å². The van der Waals surface area contributed by atoms with Gasteiger partial charge < -0.3 is 14.6 Å². The fraction of sp³-hybridized carbons (Fsp3) is 0.688. The third kappa shape index (κ3) is 4.86. The molecule has 1 fully saturated rings. The van der Waals surface area contributed by atoms with Crippen LogP contribution in [0.15, 0.2) is 22.8 Å². The number of furan rings is 1. The van der Waals surface area contributed by atoms with Crippen molar-refractivity contribution in [2.24, 2.45) is 0 Å². The minimum Gasteiger partial charge on any atom is -0.467 e. The zero-order chi connectivity index (χ0) is 15.1. The second-order valence-corrected chi connectivity index (χ2v) is 5.78. The number of nitrogens with zero attached hydrogens (tertiary/aromatic N) is 2. The molecular formula is C16H27N3O2. The molecule has 0 saturated carbocycles. The number of carbonyl (C=O) groups is 1. The first kappa shape index (κ1) is 16.0. The smallest absolute Gasteiger partial charge is 0.236 e. The molecule has 1 amide bonds. The maximum atomic E-state index is 12.4. The van der Waals surface area contributed by atoms with Crippen LogP contribution >= 0.6 is 0 Å². The van der Waals surface area contributed by atoms with Crippen molar-refractivity contribution >= 4 is 5.91 Å². The van der Waals surface area contributed by atoms with E-state index in [4.69, 9.17) is 4.42 Å². The van der Waals surface area contributed by atoms with Crippen molar-refractivity contribution in [3.63, 3.8) is 0 Å². The van der Waals surface area contributed by atoms with Gasteiger partial charge in [-0.05, 0) is 51.0 Å². The topological polar surface area (TPSA) is 48.7 Å². The van der Waals surface area contributed by atoms with Crippen LogP contribution in [0.25, 0.3) is 0 Å². The lowest BCUT2D eigenvalue weighted by atomic mass is 10.0. The largest absolute Gasteiger partial charge is 0.467 e. The van der Waals surface area contributed by atoms with Crippen molar-refractivity contribution in [3.05, 3.63) is 24.2 Å². The van der Waals surface area contributed by atoms with Crippen LogP contribution in [0.5, 0.6) is 0 Å². The number of amides is 1. The zero-order valence-electron chi connectivity index (χ0n) is 13.2. The molecule has 0 aliphatic carbocycles. The van der Waals surface area contributed by atoms with Gasteiger partial charge in [0.25, 0.3) is 0 Å². The SMILES string of the molecule is CCCN(CC(=O)N(C)Cc1ccco1)C1CCNCC1. The monoisotopic (exact) mass is 293 g/mol. The Morgan fingerprint density at radius 2 is 2.19 bits per heavy atom. The van der Waals surface area contributed by atoms with Gasteiger partial charge in [-0.15, -0.1) is 0 Å². The molecule has 1 aliphatic heterocycles. The lowest BCUT2D eigenvalue weighted by Crippen LogP contribution is -2.47. The Kier molecular flexibility index (Phi) is 6.26. The summed E-state index contributed by atoms with van der Waals surface area (Å²) in [4.78, 5) is 16.5. The normalized spacial score (nSPS) is 16.3. The molecule has 0 unspecified atom stereocenters. The fourth-order valence-corrected chi connectivity index (χ4v) is 2.87. The predicted octanol–water partition coefficient (Wildman–Crippen LogP) is 1.70. The summed E-state index contributed by atoms with van der Waals surface area (Å²) in [6, 6.07) is 4.29. The van der Waals surface area contributed by atoms with E-state index in [2.05, 4.69) is 17.1 Å². The maximum absolute atomic E-state index is 12.4. The minimum atomic E-state index is 0.165. The first-order valence-corrected chi connectivity index (χ1v) is 7.91. The van der Waals surface area contributed by atoms with Crippen LogP contribution in [0.1, 0.15) is 31.9 Å². The quantitative estimate of drug-likeness (QED) is 0.831. The molecular weight excluding hydrogens is 266 g/mol. The summed E-state index contributed by atoms with van der Waals surface area (Å²) in [7, 11) is 1.84. The first-order valence-electron chi connectivity index (χ1n) is 7.91. The van der Waals surface area contributed by atoms with Gasteiger partial charge in [0, 0.05) is 13.1 Å². The summed E-state index contributed by atoms with van der Waals surface area (Å²) in [5, 5.41) is 3.38. The molecule has 1 aliphatic rings. The minimum absolute atomic E-state index is 0.165. The molecule has 5 heteroatoms. The predicted molar refractivity (Wildman–Crippen MR) is 82.9 cm³/mol. The van der Waals surface area contributed by atoms with Gasteiger partial charge in [-0.2, -0.15) is 0 Å². The van der Waals surface area contributed by atoms with E-state index in [1.807, 2.05) is 19.2 Å². The second kappa shape index (κ2) is 8.20. The van der Waals surface area contributed by atoms with Crippen LogP contribution in [0.2, 0.25) is 0 Å². The summed E-state index contributed by atoms with van der Waals surface area (Å²) in [6.45, 7) is 6.33. The highest BCUT2D eigenvalue weighted by Crippen LogP contribution is 2.13. The second-order valence-electron chi connectivity index (χ2n) is 5.78. The van der Waals surface area contributed by atoms with Gasteiger partial charge in [0.1, 0.15) is 5.76 Å². The molecule has 1 aromatic rings. The van der Waals surface area contributed by atoms with Gasteiger partial charge in [0.15, 0.2) is 0 Å². The van der Waals surface area contributed by atoms with E-state index in [0.29, 0.717) is 19.1 Å². The number of likely N-dealkylation sites (N-methyl/N-ethyl adjacent to an activating group) is 1. The van der Waals surface area contributed by atoms with Gasteiger partial charge in [-0.25, -0.2) is 0 Å². The van der Waals surface area contributed by atoms with E-state index in [-0.39, 0.29) is 5.91 Å². The third-order valence-corrected chi connectivity index (χ3v) is 4.07. The van der Waals surface area contributed by atoms with E-state index in [9.17, 15) is 4.79 Å². The number of hydrogen-bond acceptors (Lipinski definition) is 4. The van der Waals surface area contributed by atoms with E-state index in [0.717, 1.165) is 44.7 Å². The molecule has 1 saturated heterocycles. The number of hydrogen-bond donors (Lipinski definition) is 1. The lowest BCUT2D eigenvalue weighted by molar-refractivity contribution is -0.132. The Hall–Kier alpha value is -1.33. The van der Waals surface area contributed by atoms with Gasteiger partial charge in [-0.3, -0.25) is 9.69 Å². The van der Waals surface area contributed by atoms with Gasteiger partial charge in [0.05, 0.1) is 19.4 Å². The number of rotatable bonds is 7. The Balaban J connectivity index is 1.87. The molecule has 0 bridgehead atoms. The van der Waals surface area contributed by atoms with Crippen LogP contribution in [-0.4, -0.2) is 55.0 Å². The molecule has 0 aromatic carbocycles. The molecule has 1 N–H and O–H groups in total. The summed E-state index contributed by atoms with van der Waals surface area (Å²) in [6.07, 6.45) is 5.00. The van der Waals surface area contributed by atoms with Crippen LogP contribution < -0.4 is 5.32 Å². The van der Waals surface area contributed by atoms with Crippen LogP contribution in [0, 0.1) is 0 Å². The third-order valence-electron chi connectivity index (χ3n) is 4.07. The summed E-state index contributed by atoms with van der Waals surface area (Å²) in [5.41, 5.74) is 0. The highest BCUT2D eigenvalue weighted by molar-refractivity contribution is 5.78. The van der Waals surface area contributed by atoms with E-state index in [1.165, 1.54) is 0 Å². The molecule has 2 heterocycles. The molecule has 21 heavy (non-hydrogen) atoms. The van der Waals surface area contributed by atoms with E-state index in [1.54, 1.807) is 11.2 Å². The van der Waals surface area contributed by atoms with Crippen molar-refractivity contribution in [2.75, 3.05) is 33.2 Å². The molecule has 2 rings (SSSR count). The molecule has 0 atom stereocenters. The van der Waals surface area contributed by atoms with E-state index < -0.39 is 0 Å². The Bertz CT molecular complexity index is 413. The van der Waals surface area contributed by atoms with Gasteiger partial charge >= 0.3 is 0 Å². The van der Waals surface area contributed by atoms with E-state index >= 15 is 0 Å². The Labute approximate surface area is 127 Å². The average molecular weight is 293 g/mol. The molecule has 1 aromatic heterocycles. The Morgan fingerprint density at radius 3 is 2.81 bits per heavy atom. The Morgan fingerprint density at radius 1 is 1.43 bits per heavy atom. The summed E-state index contributed by atoms with van der Waals surface area (Å²) < 4.78 is 5.31. The van der Waals surface area contributed by atoms with Crippen molar-refractivity contribution < 1.29 is 9.21 Å². The lowest BCUT2D eigenvalue weighted by Gasteiger charge is -2.34. The molecule has 5 nitrogen and oxygen atoms in total. The van der Waals surface area contributed by atoms with Gasteiger partial charge in [-0.1, -0.05) is 6.92 Å². The highest BCUT2D eigenvalue weighted by atomic mass is 16.3. The van der Waals surface area contributed by atoms with Crippen LogP contribution in [-0.2, 0) is 11.3 Å². The van der Waals surface area contributed by atoms with Crippen LogP contribution in [0.4, 0.5) is 0 Å². The standard InChI is InChI=1S/C16H27N3O2/c1-3-10-19(14-6-8-17-9-7-14)13-16(20)18(2)12-15-5-4-11-21-15/h4-5,11,14,17H,3,6-10,12-13H2,1-2H3. The average Bonchev–Trinajstić information content (AvgIpc) is 3.00. The molecule has 118 valence electrons. The molecule has 0 radical (unpaired) electrons. The van der Waals surface area contributed by atoms with Crippen LogP contribution in [0.3, 0.4) is 0 Å². The fourth-order valence-electron chi connectivity index (χ4n) is 2.87. The van der Waals surface area contributed by atoms with Crippen molar-refractivity contribution in [1.82, 2.24) is 15.1 Å².